The Morgan fingerprint density at radius 3 is 2.55 bits per heavy atom. The summed E-state index contributed by atoms with van der Waals surface area (Å²) < 4.78 is 42.7. The maximum atomic E-state index is 12.5. The molecule has 1 aromatic rings. The van der Waals surface area contributed by atoms with E-state index in [0.717, 1.165) is 6.07 Å². The molecule has 0 unspecified atom stereocenters. The largest absolute Gasteiger partial charge is 0.417 e. The van der Waals surface area contributed by atoms with Crippen molar-refractivity contribution in [1.29, 1.82) is 0 Å². The molecule has 0 amide bonds. The van der Waals surface area contributed by atoms with Gasteiger partial charge in [-0.2, -0.15) is 13.2 Å². The molecular weight excluding hydrogens is 299 g/mol. The number of nitrogens with zero attached hydrogens (tertiary/aromatic N) is 3. The zero-order valence-corrected chi connectivity index (χ0v) is 10.9. The lowest BCUT2D eigenvalue weighted by molar-refractivity contribution is -0.137. The first-order valence-electron chi connectivity index (χ1n) is 5.71. The molecule has 110 valence electrons. The summed E-state index contributed by atoms with van der Waals surface area (Å²) >= 11 is 5.82. The molecule has 0 bridgehead atoms. The summed E-state index contributed by atoms with van der Waals surface area (Å²) in [4.78, 5) is 5.31. The van der Waals surface area contributed by atoms with E-state index < -0.39 is 11.7 Å². The molecule has 1 saturated heterocycles. The fraction of sp³-hybridized carbons (Fsp3) is 0.455. The molecule has 1 N–H and O–H groups in total. The van der Waals surface area contributed by atoms with Crippen molar-refractivity contribution in [2.24, 2.45) is 5.16 Å². The first-order chi connectivity index (χ1) is 9.43. The van der Waals surface area contributed by atoms with Gasteiger partial charge in [0.05, 0.1) is 23.8 Å². The van der Waals surface area contributed by atoms with Crippen LogP contribution < -0.4 is 0 Å². The van der Waals surface area contributed by atoms with Crippen LogP contribution in [-0.2, 0) is 10.9 Å². The lowest BCUT2D eigenvalue weighted by Gasteiger charge is -2.28. The number of hydrogen-bond donors (Lipinski definition) is 1. The third-order valence-corrected chi connectivity index (χ3v) is 3.07. The van der Waals surface area contributed by atoms with E-state index in [4.69, 9.17) is 21.5 Å². The quantitative estimate of drug-likeness (QED) is 0.374. The number of aromatic nitrogens is 1. The molecule has 20 heavy (non-hydrogen) atoms. The average Bonchev–Trinajstić information content (AvgIpc) is 2.41. The third kappa shape index (κ3) is 3.13. The van der Waals surface area contributed by atoms with Gasteiger partial charge in [-0.05, 0) is 6.07 Å². The minimum atomic E-state index is -4.52. The van der Waals surface area contributed by atoms with Crippen LogP contribution in [0.1, 0.15) is 11.3 Å². The Kier molecular flexibility index (Phi) is 4.34. The summed E-state index contributed by atoms with van der Waals surface area (Å²) in [7, 11) is 0. The van der Waals surface area contributed by atoms with E-state index in [9.17, 15) is 13.2 Å². The molecule has 0 aliphatic carbocycles. The SMILES string of the molecule is O/N=C(\c1ncc(C(F)(F)F)cc1Cl)N1CCOCC1. The zero-order valence-electron chi connectivity index (χ0n) is 10.2. The molecule has 1 aliphatic rings. The van der Waals surface area contributed by atoms with Crippen molar-refractivity contribution in [3.05, 3.63) is 28.5 Å². The molecule has 0 aromatic carbocycles. The van der Waals surface area contributed by atoms with E-state index in [-0.39, 0.29) is 16.6 Å². The second kappa shape index (κ2) is 5.84. The molecule has 5 nitrogen and oxygen atoms in total. The number of rotatable bonds is 1. The summed E-state index contributed by atoms with van der Waals surface area (Å²) in [5, 5.41) is 11.9. The monoisotopic (exact) mass is 309 g/mol. The van der Waals surface area contributed by atoms with Crippen molar-refractivity contribution in [3.63, 3.8) is 0 Å². The van der Waals surface area contributed by atoms with Gasteiger partial charge in [0, 0.05) is 19.3 Å². The van der Waals surface area contributed by atoms with Gasteiger partial charge in [0.25, 0.3) is 0 Å². The lowest BCUT2D eigenvalue weighted by atomic mass is 10.2. The predicted octanol–water partition coefficient (Wildman–Crippen LogP) is 2.22. The molecule has 1 aliphatic heterocycles. The maximum Gasteiger partial charge on any atom is 0.417 e. The molecule has 0 radical (unpaired) electrons. The summed E-state index contributed by atoms with van der Waals surface area (Å²) in [5.74, 6) is 0.0343. The molecule has 1 fully saturated rings. The summed E-state index contributed by atoms with van der Waals surface area (Å²) in [6, 6.07) is 0.759. The molecule has 1 aromatic heterocycles. The number of ether oxygens (including phenoxy) is 1. The molecule has 9 heteroatoms. The molecule has 2 heterocycles. The van der Waals surface area contributed by atoms with Crippen LogP contribution in [-0.4, -0.2) is 47.2 Å². The lowest BCUT2D eigenvalue weighted by Crippen LogP contribution is -2.41. The Hall–Kier alpha value is -1.54. The highest BCUT2D eigenvalue weighted by Crippen LogP contribution is 2.31. The second-order valence-electron chi connectivity index (χ2n) is 4.08. The van der Waals surface area contributed by atoms with Crippen molar-refractivity contribution in [2.75, 3.05) is 26.3 Å². The Morgan fingerprint density at radius 1 is 1.40 bits per heavy atom. The zero-order chi connectivity index (χ0) is 14.8. The first kappa shape index (κ1) is 14.9. The van der Waals surface area contributed by atoms with Crippen molar-refractivity contribution < 1.29 is 23.1 Å². The van der Waals surface area contributed by atoms with Crippen LogP contribution >= 0.6 is 11.6 Å². The van der Waals surface area contributed by atoms with Crippen LogP contribution in [0.2, 0.25) is 5.02 Å². The van der Waals surface area contributed by atoms with Crippen molar-refractivity contribution in [1.82, 2.24) is 9.88 Å². The van der Waals surface area contributed by atoms with Crippen LogP contribution in [0, 0.1) is 0 Å². The van der Waals surface area contributed by atoms with E-state index in [0.29, 0.717) is 32.5 Å². The van der Waals surface area contributed by atoms with Gasteiger partial charge in [-0.25, -0.2) is 0 Å². The fourth-order valence-corrected chi connectivity index (χ4v) is 2.04. The van der Waals surface area contributed by atoms with Gasteiger partial charge in [0.1, 0.15) is 5.69 Å². The summed E-state index contributed by atoms with van der Waals surface area (Å²) in [6.07, 6.45) is -3.86. The Labute approximate surface area is 117 Å². The number of alkyl halides is 3. The smallest absolute Gasteiger partial charge is 0.409 e. The van der Waals surface area contributed by atoms with Gasteiger partial charge in [-0.15, -0.1) is 0 Å². The van der Waals surface area contributed by atoms with E-state index in [1.54, 1.807) is 4.90 Å². The minimum Gasteiger partial charge on any atom is -0.409 e. The van der Waals surface area contributed by atoms with Gasteiger partial charge >= 0.3 is 6.18 Å². The summed E-state index contributed by atoms with van der Waals surface area (Å²) in [6.45, 7) is 1.74. The minimum absolute atomic E-state index is 0.00377. The van der Waals surface area contributed by atoms with Gasteiger partial charge in [-0.1, -0.05) is 16.8 Å². The molecule has 0 saturated carbocycles. The standard InChI is InChI=1S/C11H11ClF3N3O2/c12-8-5-7(11(13,14)15)6-16-9(8)10(17-19)18-1-3-20-4-2-18/h5-6,19H,1-4H2/b17-10+. The third-order valence-electron chi connectivity index (χ3n) is 2.79. The maximum absolute atomic E-state index is 12.5. The highest BCUT2D eigenvalue weighted by atomic mass is 35.5. The van der Waals surface area contributed by atoms with E-state index in [1.807, 2.05) is 0 Å². The highest BCUT2D eigenvalue weighted by Gasteiger charge is 2.32. The Balaban J connectivity index is 2.31. The molecule has 0 atom stereocenters. The number of morpholine rings is 1. The van der Waals surface area contributed by atoms with Crippen LogP contribution in [0.25, 0.3) is 0 Å². The number of oxime groups is 1. The first-order valence-corrected chi connectivity index (χ1v) is 6.09. The predicted molar refractivity (Wildman–Crippen MR) is 65.0 cm³/mol. The Morgan fingerprint density at radius 2 is 2.05 bits per heavy atom. The highest BCUT2D eigenvalue weighted by molar-refractivity contribution is 6.33. The van der Waals surface area contributed by atoms with Crippen molar-refractivity contribution in [3.8, 4) is 0 Å². The summed E-state index contributed by atoms with van der Waals surface area (Å²) in [5.41, 5.74) is -0.949. The van der Waals surface area contributed by atoms with Crippen LogP contribution in [0.5, 0.6) is 0 Å². The fourth-order valence-electron chi connectivity index (χ4n) is 1.79. The van der Waals surface area contributed by atoms with Crippen LogP contribution in [0.4, 0.5) is 13.2 Å². The van der Waals surface area contributed by atoms with E-state index in [2.05, 4.69) is 10.1 Å². The second-order valence-corrected chi connectivity index (χ2v) is 4.48. The van der Waals surface area contributed by atoms with Crippen molar-refractivity contribution >= 4 is 17.4 Å². The van der Waals surface area contributed by atoms with Crippen molar-refractivity contribution in [2.45, 2.75) is 6.18 Å². The number of pyridine rings is 1. The van der Waals surface area contributed by atoms with Gasteiger partial charge in [-0.3, -0.25) is 4.98 Å². The van der Waals surface area contributed by atoms with E-state index >= 15 is 0 Å². The van der Waals surface area contributed by atoms with Gasteiger partial charge in [0.2, 0.25) is 0 Å². The molecular formula is C11H11ClF3N3O2. The van der Waals surface area contributed by atoms with Crippen LogP contribution in [0.15, 0.2) is 17.4 Å². The number of hydrogen-bond acceptors (Lipinski definition) is 4. The average molecular weight is 310 g/mol. The van der Waals surface area contributed by atoms with Gasteiger partial charge < -0.3 is 14.8 Å². The Bertz CT molecular complexity index is 516. The van der Waals surface area contributed by atoms with Crippen LogP contribution in [0.3, 0.4) is 0 Å². The molecule has 2 rings (SSSR count). The van der Waals surface area contributed by atoms with E-state index in [1.165, 1.54) is 0 Å². The topological polar surface area (TPSA) is 58.0 Å². The number of halogens is 4. The molecule has 0 spiro atoms. The van der Waals surface area contributed by atoms with Gasteiger partial charge in [0.15, 0.2) is 5.84 Å². The normalized spacial score (nSPS) is 17.4. The number of amidine groups is 1.